The lowest BCUT2D eigenvalue weighted by atomic mass is 9.94. The average Bonchev–Trinajstić information content (AvgIpc) is 3.09. The van der Waals surface area contributed by atoms with Crippen molar-refractivity contribution in [3.05, 3.63) is 47.9 Å². The van der Waals surface area contributed by atoms with E-state index in [-0.39, 0.29) is 18.4 Å². The molecule has 1 aromatic heterocycles. The van der Waals surface area contributed by atoms with Gasteiger partial charge in [0.15, 0.2) is 0 Å². The summed E-state index contributed by atoms with van der Waals surface area (Å²) in [5.41, 5.74) is 0.100. The number of urea groups is 1. The molecule has 7 nitrogen and oxygen atoms in total. The molecule has 2 amide bonds. The van der Waals surface area contributed by atoms with Crippen LogP contribution < -0.4 is 10.6 Å². The van der Waals surface area contributed by atoms with Gasteiger partial charge in [0.1, 0.15) is 11.6 Å². The minimum Gasteiger partial charge on any atom is -0.381 e. The molecule has 1 fully saturated rings. The fourth-order valence-corrected chi connectivity index (χ4v) is 2.95. The van der Waals surface area contributed by atoms with Crippen LogP contribution in [-0.2, 0) is 16.0 Å². The average molecular weight is 362 g/mol. The summed E-state index contributed by atoms with van der Waals surface area (Å²) < 4.78 is 26.3. The number of benzene rings is 1. The van der Waals surface area contributed by atoms with Crippen LogP contribution in [0.2, 0.25) is 0 Å². The Balaban J connectivity index is 1.58. The zero-order chi connectivity index (χ0) is 18.4. The predicted octanol–water partition coefficient (Wildman–Crippen LogP) is 2.39. The zero-order valence-electron chi connectivity index (χ0n) is 14.7. The molecule has 0 radical (unpaired) electrons. The van der Waals surface area contributed by atoms with Gasteiger partial charge in [-0.15, -0.1) is 0 Å². The first-order valence-corrected chi connectivity index (χ1v) is 8.55. The maximum atomic E-state index is 13.8. The number of carbonyl (C=O) groups is 1. The third-order valence-corrected chi connectivity index (χ3v) is 4.64. The predicted molar refractivity (Wildman–Crippen MR) is 94.5 cm³/mol. The van der Waals surface area contributed by atoms with Crippen LogP contribution in [0.4, 0.5) is 15.0 Å². The number of amides is 2. The maximum absolute atomic E-state index is 13.8. The van der Waals surface area contributed by atoms with Gasteiger partial charge in [-0.2, -0.15) is 5.10 Å². The molecule has 0 spiro atoms. The molecule has 1 aliphatic heterocycles. The molecule has 3 rings (SSSR count). The van der Waals surface area contributed by atoms with Crippen molar-refractivity contribution >= 4 is 11.8 Å². The molecule has 0 unspecified atom stereocenters. The van der Waals surface area contributed by atoms with Crippen LogP contribution in [0.5, 0.6) is 0 Å². The van der Waals surface area contributed by atoms with E-state index in [9.17, 15) is 9.18 Å². The molecule has 2 heterocycles. The van der Waals surface area contributed by atoms with E-state index in [4.69, 9.17) is 9.47 Å². The highest BCUT2D eigenvalue weighted by Crippen LogP contribution is 2.23. The normalized spacial score (nSPS) is 16.2. The standard InChI is InChI=1S/C18H23FN4O3/c1-25-18(7-10-26-11-8-18)13-20-17(24)22-16-6-9-21-23(16)12-14-4-2-3-5-15(14)19/h2-6,9H,7-8,10-13H2,1H3,(H2,20,22,24). The summed E-state index contributed by atoms with van der Waals surface area (Å²) in [5, 5.41) is 9.74. The van der Waals surface area contributed by atoms with Gasteiger partial charge in [-0.3, -0.25) is 5.32 Å². The van der Waals surface area contributed by atoms with E-state index < -0.39 is 5.60 Å². The van der Waals surface area contributed by atoms with Crippen LogP contribution in [0.25, 0.3) is 0 Å². The summed E-state index contributed by atoms with van der Waals surface area (Å²) in [6.45, 7) is 1.86. The molecule has 0 aliphatic carbocycles. The molecule has 0 bridgehead atoms. The number of methoxy groups -OCH3 is 1. The maximum Gasteiger partial charge on any atom is 0.320 e. The SMILES string of the molecule is COC1(CNC(=O)Nc2ccnn2Cc2ccccc2F)CCOCC1. The molecule has 0 saturated carbocycles. The molecule has 1 aromatic carbocycles. The summed E-state index contributed by atoms with van der Waals surface area (Å²) in [6.07, 6.45) is 3.02. The Morgan fingerprint density at radius 3 is 2.85 bits per heavy atom. The van der Waals surface area contributed by atoms with E-state index >= 15 is 0 Å². The number of hydrogen-bond donors (Lipinski definition) is 2. The van der Waals surface area contributed by atoms with E-state index in [1.54, 1.807) is 42.3 Å². The van der Waals surface area contributed by atoms with Crippen molar-refractivity contribution < 1.29 is 18.7 Å². The summed E-state index contributed by atoms with van der Waals surface area (Å²) >= 11 is 0. The van der Waals surface area contributed by atoms with Crippen molar-refractivity contribution in [3.63, 3.8) is 0 Å². The van der Waals surface area contributed by atoms with Crippen LogP contribution in [-0.4, -0.2) is 48.3 Å². The Kier molecular flexibility index (Phi) is 5.85. The molecule has 140 valence electrons. The van der Waals surface area contributed by atoms with Crippen molar-refractivity contribution in [2.45, 2.75) is 25.0 Å². The molecule has 1 aliphatic rings. The first-order valence-electron chi connectivity index (χ1n) is 8.55. The Morgan fingerprint density at radius 2 is 2.12 bits per heavy atom. The van der Waals surface area contributed by atoms with Gasteiger partial charge in [0.2, 0.25) is 0 Å². The fraction of sp³-hybridized carbons (Fsp3) is 0.444. The van der Waals surface area contributed by atoms with Gasteiger partial charge < -0.3 is 14.8 Å². The third kappa shape index (κ3) is 4.39. The van der Waals surface area contributed by atoms with Crippen molar-refractivity contribution in [3.8, 4) is 0 Å². The van der Waals surface area contributed by atoms with Crippen LogP contribution >= 0.6 is 0 Å². The highest BCUT2D eigenvalue weighted by Gasteiger charge is 2.32. The highest BCUT2D eigenvalue weighted by atomic mass is 19.1. The quantitative estimate of drug-likeness (QED) is 0.827. The zero-order valence-corrected chi connectivity index (χ0v) is 14.7. The molecule has 8 heteroatoms. The molecular weight excluding hydrogens is 339 g/mol. The number of hydrogen-bond acceptors (Lipinski definition) is 4. The molecule has 2 aromatic rings. The lowest BCUT2D eigenvalue weighted by Crippen LogP contribution is -2.49. The van der Waals surface area contributed by atoms with Gasteiger partial charge >= 0.3 is 6.03 Å². The van der Waals surface area contributed by atoms with Gasteiger partial charge in [0.25, 0.3) is 0 Å². The lowest BCUT2D eigenvalue weighted by molar-refractivity contribution is -0.0859. The van der Waals surface area contributed by atoms with Crippen molar-refractivity contribution in [2.75, 3.05) is 32.2 Å². The van der Waals surface area contributed by atoms with Crippen LogP contribution in [0, 0.1) is 5.82 Å². The summed E-state index contributed by atoms with van der Waals surface area (Å²) in [5.74, 6) is 0.184. The lowest BCUT2D eigenvalue weighted by Gasteiger charge is -2.35. The van der Waals surface area contributed by atoms with Crippen molar-refractivity contribution in [1.82, 2.24) is 15.1 Å². The summed E-state index contributed by atoms with van der Waals surface area (Å²) in [4.78, 5) is 12.3. The number of nitrogens with one attached hydrogen (secondary N) is 2. The monoisotopic (exact) mass is 362 g/mol. The van der Waals surface area contributed by atoms with Crippen molar-refractivity contribution in [2.24, 2.45) is 0 Å². The van der Waals surface area contributed by atoms with Crippen LogP contribution in [0.15, 0.2) is 36.5 Å². The fourth-order valence-electron chi connectivity index (χ4n) is 2.95. The van der Waals surface area contributed by atoms with E-state index in [1.165, 1.54) is 6.07 Å². The molecule has 0 atom stereocenters. The number of rotatable bonds is 6. The Labute approximate surface area is 151 Å². The molecule has 26 heavy (non-hydrogen) atoms. The number of ether oxygens (including phenoxy) is 2. The topological polar surface area (TPSA) is 77.4 Å². The number of carbonyl (C=O) groups excluding carboxylic acids is 1. The molecule has 2 N–H and O–H groups in total. The number of nitrogens with zero attached hydrogens (tertiary/aromatic N) is 2. The number of halogens is 1. The second-order valence-corrected chi connectivity index (χ2v) is 6.27. The third-order valence-electron chi connectivity index (χ3n) is 4.64. The van der Waals surface area contributed by atoms with E-state index in [0.29, 0.717) is 31.1 Å². The number of anilines is 1. The van der Waals surface area contributed by atoms with E-state index in [0.717, 1.165) is 12.8 Å². The first-order chi connectivity index (χ1) is 12.6. The Bertz CT molecular complexity index is 744. The van der Waals surface area contributed by atoms with Crippen LogP contribution in [0.1, 0.15) is 18.4 Å². The van der Waals surface area contributed by atoms with Crippen molar-refractivity contribution in [1.29, 1.82) is 0 Å². The van der Waals surface area contributed by atoms with E-state index in [1.807, 2.05) is 0 Å². The first kappa shape index (κ1) is 18.3. The molecular formula is C18H23FN4O3. The minimum atomic E-state index is -0.400. The number of aromatic nitrogens is 2. The molecule has 1 saturated heterocycles. The largest absolute Gasteiger partial charge is 0.381 e. The second kappa shape index (κ2) is 8.29. The van der Waals surface area contributed by atoms with Gasteiger partial charge in [-0.25, -0.2) is 13.9 Å². The Morgan fingerprint density at radius 1 is 1.35 bits per heavy atom. The van der Waals surface area contributed by atoms with Gasteiger partial charge in [0, 0.05) is 51.3 Å². The van der Waals surface area contributed by atoms with E-state index in [2.05, 4.69) is 15.7 Å². The minimum absolute atomic E-state index is 0.231. The van der Waals surface area contributed by atoms with Gasteiger partial charge in [0.05, 0.1) is 18.3 Å². The summed E-state index contributed by atoms with van der Waals surface area (Å²) in [7, 11) is 1.65. The highest BCUT2D eigenvalue weighted by molar-refractivity contribution is 5.88. The summed E-state index contributed by atoms with van der Waals surface area (Å²) in [6, 6.07) is 7.80. The second-order valence-electron chi connectivity index (χ2n) is 6.27. The Hall–Kier alpha value is -2.45. The van der Waals surface area contributed by atoms with Gasteiger partial charge in [-0.05, 0) is 6.07 Å². The smallest absolute Gasteiger partial charge is 0.320 e. The van der Waals surface area contributed by atoms with Gasteiger partial charge in [-0.1, -0.05) is 18.2 Å². The van der Waals surface area contributed by atoms with Crippen LogP contribution in [0.3, 0.4) is 0 Å².